The monoisotopic (exact) mass is 187 g/mol. The van der Waals surface area contributed by atoms with Crippen molar-refractivity contribution in [1.29, 1.82) is 0 Å². The lowest BCUT2D eigenvalue weighted by Gasteiger charge is -2.21. The van der Waals surface area contributed by atoms with Crippen LogP contribution in [0.15, 0.2) is 0 Å². The van der Waals surface area contributed by atoms with Gasteiger partial charge in [-0.1, -0.05) is 13.8 Å². The summed E-state index contributed by atoms with van der Waals surface area (Å²) >= 11 is 0. The van der Waals surface area contributed by atoms with Gasteiger partial charge in [0.25, 0.3) is 0 Å². The summed E-state index contributed by atoms with van der Waals surface area (Å²) in [6, 6.07) is 0. The highest BCUT2D eigenvalue weighted by atomic mass is 16.4. The normalized spacial score (nSPS) is 29.8. The van der Waals surface area contributed by atoms with Crippen molar-refractivity contribution in [3.63, 3.8) is 0 Å². The van der Waals surface area contributed by atoms with E-state index < -0.39 is 18.1 Å². The predicted octanol–water partition coefficient (Wildman–Crippen LogP) is 0.367. The number of carboxylic acid groups (broad SMARTS) is 1. The summed E-state index contributed by atoms with van der Waals surface area (Å²) in [5.41, 5.74) is 0. The second-order valence-corrected chi connectivity index (χ2v) is 4.10. The third kappa shape index (κ3) is 2.67. The number of aliphatic hydroxyl groups is 1. The molecule has 4 heteroatoms. The smallest absolute Gasteiger partial charge is 0.307 e. The van der Waals surface area contributed by atoms with Crippen LogP contribution in [-0.4, -0.2) is 40.4 Å². The number of nitrogens with zero attached hydrogens (tertiary/aromatic N) is 1. The van der Waals surface area contributed by atoms with Gasteiger partial charge in [0, 0.05) is 19.5 Å². The molecule has 0 aromatic rings. The molecule has 2 N–H and O–H groups in total. The zero-order valence-corrected chi connectivity index (χ0v) is 8.10. The zero-order valence-electron chi connectivity index (χ0n) is 8.10. The molecule has 1 aliphatic heterocycles. The molecule has 0 aliphatic carbocycles. The van der Waals surface area contributed by atoms with Crippen molar-refractivity contribution >= 4 is 5.97 Å². The maximum Gasteiger partial charge on any atom is 0.307 e. The minimum absolute atomic E-state index is 0.363. The van der Waals surface area contributed by atoms with E-state index >= 15 is 0 Å². The third-order valence-corrected chi connectivity index (χ3v) is 2.32. The molecule has 0 spiro atoms. The Morgan fingerprint density at radius 2 is 2.23 bits per heavy atom. The first-order valence-electron chi connectivity index (χ1n) is 4.65. The lowest BCUT2D eigenvalue weighted by molar-refractivity contribution is -0.141. The number of hydrogen-bond acceptors (Lipinski definition) is 3. The molecule has 0 aromatic heterocycles. The molecule has 1 heterocycles. The van der Waals surface area contributed by atoms with Crippen molar-refractivity contribution < 1.29 is 15.0 Å². The molecule has 1 saturated heterocycles. The van der Waals surface area contributed by atoms with Gasteiger partial charge in [-0.25, -0.2) is 0 Å². The average Bonchev–Trinajstić information content (AvgIpc) is 2.31. The molecule has 13 heavy (non-hydrogen) atoms. The fourth-order valence-corrected chi connectivity index (χ4v) is 1.73. The summed E-state index contributed by atoms with van der Waals surface area (Å²) in [5, 5.41) is 18.3. The molecular formula is C9H17NO3. The van der Waals surface area contributed by atoms with Crippen molar-refractivity contribution in [2.24, 2.45) is 11.8 Å². The molecule has 1 rings (SSSR count). The first-order valence-corrected chi connectivity index (χ1v) is 4.65. The maximum absolute atomic E-state index is 10.6. The van der Waals surface area contributed by atoms with E-state index in [1.807, 2.05) is 4.90 Å². The maximum atomic E-state index is 10.6. The lowest BCUT2D eigenvalue weighted by Crippen LogP contribution is -2.32. The molecule has 4 nitrogen and oxygen atoms in total. The number of hydrogen-bond donors (Lipinski definition) is 2. The second kappa shape index (κ2) is 4.07. The number of rotatable bonds is 3. The number of carboxylic acids is 1. The highest BCUT2D eigenvalue weighted by molar-refractivity contribution is 5.70. The summed E-state index contributed by atoms with van der Waals surface area (Å²) in [5.74, 6) is -0.735. The van der Waals surface area contributed by atoms with Gasteiger partial charge >= 0.3 is 5.97 Å². The van der Waals surface area contributed by atoms with Gasteiger partial charge in [0.2, 0.25) is 0 Å². The summed E-state index contributed by atoms with van der Waals surface area (Å²) in [6.45, 7) is 5.36. The third-order valence-electron chi connectivity index (χ3n) is 2.32. The van der Waals surface area contributed by atoms with Crippen LogP contribution in [0.1, 0.15) is 20.3 Å². The number of aliphatic hydroxyl groups excluding tert-OH is 1. The molecule has 76 valence electrons. The Morgan fingerprint density at radius 3 is 2.62 bits per heavy atom. The van der Waals surface area contributed by atoms with Crippen LogP contribution in [-0.2, 0) is 4.79 Å². The van der Waals surface area contributed by atoms with Crippen molar-refractivity contribution in [2.45, 2.75) is 26.5 Å². The van der Waals surface area contributed by atoms with Gasteiger partial charge in [0.1, 0.15) is 6.23 Å². The zero-order chi connectivity index (χ0) is 10.0. The SMILES string of the molecule is CC(C)CN1CC(C(=O)O)CC1O. The van der Waals surface area contributed by atoms with E-state index in [0.717, 1.165) is 6.54 Å². The Bertz CT molecular complexity index is 193. The van der Waals surface area contributed by atoms with Gasteiger partial charge in [0.15, 0.2) is 0 Å². The molecule has 0 amide bonds. The van der Waals surface area contributed by atoms with E-state index in [4.69, 9.17) is 5.11 Å². The first kappa shape index (κ1) is 10.5. The Hall–Kier alpha value is -0.610. The van der Waals surface area contributed by atoms with Crippen LogP contribution in [0, 0.1) is 11.8 Å². The van der Waals surface area contributed by atoms with Crippen LogP contribution in [0.4, 0.5) is 0 Å². The van der Waals surface area contributed by atoms with Crippen LogP contribution >= 0.6 is 0 Å². The first-order chi connectivity index (χ1) is 6.00. The minimum Gasteiger partial charge on any atom is -0.481 e. The van der Waals surface area contributed by atoms with Crippen LogP contribution < -0.4 is 0 Å². The van der Waals surface area contributed by atoms with E-state index in [-0.39, 0.29) is 0 Å². The average molecular weight is 187 g/mol. The largest absolute Gasteiger partial charge is 0.481 e. The van der Waals surface area contributed by atoms with Gasteiger partial charge in [-0.3, -0.25) is 9.69 Å². The van der Waals surface area contributed by atoms with E-state index in [2.05, 4.69) is 13.8 Å². The summed E-state index contributed by atoms with van der Waals surface area (Å²) < 4.78 is 0. The fraction of sp³-hybridized carbons (Fsp3) is 0.889. The van der Waals surface area contributed by atoms with Crippen molar-refractivity contribution in [1.82, 2.24) is 4.90 Å². The predicted molar refractivity (Wildman–Crippen MR) is 48.2 cm³/mol. The van der Waals surface area contributed by atoms with E-state index in [1.54, 1.807) is 0 Å². The van der Waals surface area contributed by atoms with E-state index in [0.29, 0.717) is 18.9 Å². The number of likely N-dealkylation sites (tertiary alicyclic amines) is 1. The Balaban J connectivity index is 2.46. The number of carbonyl (C=O) groups is 1. The molecule has 0 aromatic carbocycles. The Morgan fingerprint density at radius 1 is 1.62 bits per heavy atom. The molecule has 0 bridgehead atoms. The second-order valence-electron chi connectivity index (χ2n) is 4.10. The van der Waals surface area contributed by atoms with Crippen LogP contribution in [0.3, 0.4) is 0 Å². The van der Waals surface area contributed by atoms with E-state index in [1.165, 1.54) is 0 Å². The van der Waals surface area contributed by atoms with Crippen molar-refractivity contribution in [3.8, 4) is 0 Å². The topological polar surface area (TPSA) is 60.8 Å². The van der Waals surface area contributed by atoms with Gasteiger partial charge < -0.3 is 10.2 Å². The van der Waals surface area contributed by atoms with Crippen LogP contribution in [0.2, 0.25) is 0 Å². The summed E-state index contributed by atoms with van der Waals surface area (Å²) in [7, 11) is 0. The Kier molecular flexibility index (Phi) is 3.27. The quantitative estimate of drug-likeness (QED) is 0.670. The molecule has 0 radical (unpaired) electrons. The molecule has 2 atom stereocenters. The molecule has 1 aliphatic rings. The van der Waals surface area contributed by atoms with Gasteiger partial charge in [-0.05, 0) is 5.92 Å². The summed E-state index contributed by atoms with van der Waals surface area (Å²) in [6.07, 6.45) is -0.203. The Labute approximate surface area is 78.2 Å². The molecular weight excluding hydrogens is 170 g/mol. The minimum atomic E-state index is -0.801. The molecule has 2 unspecified atom stereocenters. The fourth-order valence-electron chi connectivity index (χ4n) is 1.73. The summed E-state index contributed by atoms with van der Waals surface area (Å²) in [4.78, 5) is 12.5. The van der Waals surface area contributed by atoms with E-state index in [9.17, 15) is 9.90 Å². The van der Waals surface area contributed by atoms with Gasteiger partial charge in [-0.15, -0.1) is 0 Å². The van der Waals surface area contributed by atoms with Crippen molar-refractivity contribution in [2.75, 3.05) is 13.1 Å². The lowest BCUT2D eigenvalue weighted by atomic mass is 10.1. The molecule has 1 fully saturated rings. The molecule has 0 saturated carbocycles. The highest BCUT2D eigenvalue weighted by Crippen LogP contribution is 2.22. The highest BCUT2D eigenvalue weighted by Gasteiger charge is 2.34. The van der Waals surface area contributed by atoms with Gasteiger partial charge in [0.05, 0.1) is 5.92 Å². The number of aliphatic carboxylic acids is 1. The van der Waals surface area contributed by atoms with Crippen molar-refractivity contribution in [3.05, 3.63) is 0 Å². The van der Waals surface area contributed by atoms with Crippen LogP contribution in [0.5, 0.6) is 0 Å². The van der Waals surface area contributed by atoms with Gasteiger partial charge in [-0.2, -0.15) is 0 Å². The van der Waals surface area contributed by atoms with Crippen LogP contribution in [0.25, 0.3) is 0 Å². The standard InChI is InChI=1S/C9H17NO3/c1-6(2)4-10-5-7(9(12)13)3-8(10)11/h6-8,11H,3-5H2,1-2H3,(H,12,13).